The molecule has 0 saturated heterocycles. The van der Waals surface area contributed by atoms with Gasteiger partial charge in [0.2, 0.25) is 0 Å². The van der Waals surface area contributed by atoms with E-state index in [0.29, 0.717) is 6.54 Å². The Morgan fingerprint density at radius 1 is 1.35 bits per heavy atom. The predicted molar refractivity (Wildman–Crippen MR) is 106 cm³/mol. The summed E-state index contributed by atoms with van der Waals surface area (Å²) in [5.74, 6) is 0.875. The fourth-order valence-electron chi connectivity index (χ4n) is 3.36. The second kappa shape index (κ2) is 7.75. The maximum Gasteiger partial charge on any atom is 0.263 e. The summed E-state index contributed by atoms with van der Waals surface area (Å²) in [5.41, 5.74) is 1.34. The van der Waals surface area contributed by atoms with Crippen molar-refractivity contribution in [2.24, 2.45) is 0 Å². The Bertz CT molecular complexity index is 974. The molecule has 0 saturated carbocycles. The number of nitrogens with zero attached hydrogens (tertiary/aromatic N) is 5. The van der Waals surface area contributed by atoms with Crippen LogP contribution in [0.1, 0.15) is 29.7 Å². The number of aryl methyl sites for hydroxylation is 3. The highest BCUT2D eigenvalue weighted by Crippen LogP contribution is 2.34. The lowest BCUT2D eigenvalue weighted by Gasteiger charge is -2.12. The first-order valence-corrected chi connectivity index (χ1v) is 10.7. The minimum absolute atomic E-state index is 0.0908. The van der Waals surface area contributed by atoms with Gasteiger partial charge < -0.3 is 0 Å². The van der Waals surface area contributed by atoms with Gasteiger partial charge in [0.05, 0.1) is 5.39 Å². The number of allylic oxidation sites excluding steroid dienone is 1. The van der Waals surface area contributed by atoms with Crippen LogP contribution in [-0.4, -0.2) is 30.1 Å². The Balaban J connectivity index is 1.61. The van der Waals surface area contributed by atoms with Crippen LogP contribution < -0.4 is 5.56 Å². The van der Waals surface area contributed by atoms with Gasteiger partial charge in [-0.15, -0.1) is 17.9 Å². The Kier molecular flexibility index (Phi) is 5.21. The first-order valence-electron chi connectivity index (χ1n) is 8.89. The molecule has 0 radical (unpaired) electrons. The molecular weight excluding hydrogens is 366 g/mol. The number of thiophene rings is 1. The van der Waals surface area contributed by atoms with Crippen LogP contribution in [0.5, 0.6) is 0 Å². The lowest BCUT2D eigenvalue weighted by molar-refractivity contribution is 0.603. The van der Waals surface area contributed by atoms with E-state index in [9.17, 15) is 4.79 Å². The second-order valence-electron chi connectivity index (χ2n) is 6.35. The zero-order valence-electron chi connectivity index (χ0n) is 14.6. The monoisotopic (exact) mass is 387 g/mol. The van der Waals surface area contributed by atoms with Gasteiger partial charge in [-0.05, 0) is 37.7 Å². The molecule has 1 aliphatic carbocycles. The van der Waals surface area contributed by atoms with Gasteiger partial charge in [0, 0.05) is 23.7 Å². The lowest BCUT2D eigenvalue weighted by atomic mass is 9.97. The minimum Gasteiger partial charge on any atom is -0.283 e. The number of rotatable bonds is 7. The van der Waals surface area contributed by atoms with Crippen molar-refractivity contribution in [1.82, 2.24) is 24.3 Å². The highest BCUT2D eigenvalue weighted by Gasteiger charge is 2.21. The highest BCUT2D eigenvalue weighted by molar-refractivity contribution is 7.99. The molecule has 136 valence electrons. The zero-order valence-corrected chi connectivity index (χ0v) is 16.2. The van der Waals surface area contributed by atoms with Gasteiger partial charge in [0.25, 0.3) is 5.56 Å². The van der Waals surface area contributed by atoms with Crippen LogP contribution in [0.4, 0.5) is 0 Å². The molecule has 3 aromatic heterocycles. The van der Waals surface area contributed by atoms with Crippen LogP contribution in [0.25, 0.3) is 10.2 Å². The molecule has 3 heterocycles. The molecule has 4 rings (SSSR count). The molecule has 26 heavy (non-hydrogen) atoms. The van der Waals surface area contributed by atoms with Gasteiger partial charge in [0.1, 0.15) is 17.5 Å². The summed E-state index contributed by atoms with van der Waals surface area (Å²) in [5, 5.41) is 5.75. The molecule has 0 aromatic carbocycles. The Morgan fingerprint density at radius 2 is 2.23 bits per heavy atom. The number of hydrogen-bond acceptors (Lipinski definition) is 6. The fourth-order valence-corrected chi connectivity index (χ4v) is 5.59. The summed E-state index contributed by atoms with van der Waals surface area (Å²) >= 11 is 3.34. The standard InChI is InChI=1S/C18H21N5OS2/c1-2-8-23-17(24)15-13-6-3-4-7-14(13)26-16(15)21-18(23)25-10-5-9-22-12-19-11-20-22/h2,11-12H,1,3-10H2. The Morgan fingerprint density at radius 3 is 3.04 bits per heavy atom. The van der Waals surface area contributed by atoms with Crippen LogP contribution in [0, 0.1) is 0 Å². The Labute approximate surface area is 160 Å². The van der Waals surface area contributed by atoms with E-state index in [-0.39, 0.29) is 5.56 Å². The van der Waals surface area contributed by atoms with Crippen molar-refractivity contribution in [3.63, 3.8) is 0 Å². The van der Waals surface area contributed by atoms with E-state index >= 15 is 0 Å². The van der Waals surface area contributed by atoms with Gasteiger partial charge in [0.15, 0.2) is 5.16 Å². The van der Waals surface area contributed by atoms with Gasteiger partial charge >= 0.3 is 0 Å². The normalized spacial score (nSPS) is 13.8. The first-order chi connectivity index (χ1) is 12.8. The third kappa shape index (κ3) is 3.35. The third-order valence-electron chi connectivity index (χ3n) is 4.58. The van der Waals surface area contributed by atoms with Crippen molar-refractivity contribution in [2.75, 3.05) is 5.75 Å². The molecule has 0 atom stereocenters. The topological polar surface area (TPSA) is 65.6 Å². The Hall–Kier alpha value is -1.93. The first kappa shape index (κ1) is 17.5. The van der Waals surface area contributed by atoms with Crippen LogP contribution in [0.3, 0.4) is 0 Å². The molecule has 0 bridgehead atoms. The number of fused-ring (bicyclic) bond motifs is 3. The summed E-state index contributed by atoms with van der Waals surface area (Å²) in [7, 11) is 0. The third-order valence-corrected chi connectivity index (χ3v) is 6.83. The highest BCUT2D eigenvalue weighted by atomic mass is 32.2. The second-order valence-corrected chi connectivity index (χ2v) is 8.50. The van der Waals surface area contributed by atoms with E-state index in [4.69, 9.17) is 4.98 Å². The van der Waals surface area contributed by atoms with E-state index in [2.05, 4.69) is 16.7 Å². The van der Waals surface area contributed by atoms with E-state index in [1.165, 1.54) is 23.3 Å². The summed E-state index contributed by atoms with van der Waals surface area (Å²) in [4.78, 5) is 24.2. The summed E-state index contributed by atoms with van der Waals surface area (Å²) in [6.45, 7) is 5.12. The van der Waals surface area contributed by atoms with Crippen molar-refractivity contribution in [3.8, 4) is 0 Å². The molecule has 0 fully saturated rings. The predicted octanol–water partition coefficient (Wildman–Crippen LogP) is 3.30. The van der Waals surface area contributed by atoms with Gasteiger partial charge in [-0.2, -0.15) is 5.10 Å². The van der Waals surface area contributed by atoms with E-state index in [0.717, 1.165) is 46.9 Å². The fraction of sp³-hybridized carbons (Fsp3) is 0.444. The van der Waals surface area contributed by atoms with Crippen molar-refractivity contribution >= 4 is 33.3 Å². The maximum atomic E-state index is 13.1. The molecule has 6 nitrogen and oxygen atoms in total. The van der Waals surface area contributed by atoms with Crippen molar-refractivity contribution < 1.29 is 0 Å². The molecule has 3 aromatic rings. The number of aromatic nitrogens is 5. The quantitative estimate of drug-likeness (QED) is 0.269. The van der Waals surface area contributed by atoms with E-state index in [1.807, 2.05) is 4.68 Å². The number of hydrogen-bond donors (Lipinski definition) is 0. The van der Waals surface area contributed by atoms with Gasteiger partial charge in [-0.3, -0.25) is 14.0 Å². The van der Waals surface area contributed by atoms with Crippen molar-refractivity contribution in [2.45, 2.75) is 50.4 Å². The van der Waals surface area contributed by atoms with Gasteiger partial charge in [-0.25, -0.2) is 9.97 Å². The maximum absolute atomic E-state index is 13.1. The summed E-state index contributed by atoms with van der Waals surface area (Å²) in [6.07, 6.45) is 10.4. The molecule has 1 aliphatic rings. The smallest absolute Gasteiger partial charge is 0.263 e. The minimum atomic E-state index is 0.0908. The summed E-state index contributed by atoms with van der Waals surface area (Å²) < 4.78 is 3.60. The SMILES string of the molecule is C=CCn1c(SCCCn2cncn2)nc2sc3c(c2c1=O)CCCC3. The molecule has 0 amide bonds. The molecule has 0 unspecified atom stereocenters. The zero-order chi connectivity index (χ0) is 17.9. The molecule has 0 N–H and O–H groups in total. The van der Waals surface area contributed by atoms with Gasteiger partial charge in [-0.1, -0.05) is 17.8 Å². The molecular formula is C18H21N5OS2. The van der Waals surface area contributed by atoms with E-state index in [1.54, 1.807) is 46.4 Å². The number of thioether (sulfide) groups is 1. The molecule has 0 spiro atoms. The molecule has 0 aliphatic heterocycles. The van der Waals surface area contributed by atoms with Crippen LogP contribution in [0.2, 0.25) is 0 Å². The van der Waals surface area contributed by atoms with Crippen LogP contribution in [0.15, 0.2) is 35.3 Å². The average Bonchev–Trinajstić information content (AvgIpc) is 3.28. The van der Waals surface area contributed by atoms with Crippen molar-refractivity contribution in [3.05, 3.63) is 46.1 Å². The lowest BCUT2D eigenvalue weighted by Crippen LogP contribution is -2.23. The van der Waals surface area contributed by atoms with Crippen LogP contribution >= 0.6 is 23.1 Å². The average molecular weight is 388 g/mol. The van der Waals surface area contributed by atoms with E-state index < -0.39 is 0 Å². The largest absolute Gasteiger partial charge is 0.283 e. The summed E-state index contributed by atoms with van der Waals surface area (Å²) in [6, 6.07) is 0. The molecule has 8 heteroatoms. The van der Waals surface area contributed by atoms with Crippen molar-refractivity contribution in [1.29, 1.82) is 0 Å². The van der Waals surface area contributed by atoms with Crippen LogP contribution in [-0.2, 0) is 25.9 Å².